The number of allylic oxidation sites excluding steroid dienone is 1. The zero-order chi connectivity index (χ0) is 23.8. The number of rotatable bonds is 5. The zero-order valence-electron chi connectivity index (χ0n) is 19.8. The van der Waals surface area contributed by atoms with Crippen LogP contribution in [0.2, 0.25) is 18.1 Å². The van der Waals surface area contributed by atoms with E-state index in [1.54, 1.807) is 0 Å². The summed E-state index contributed by atoms with van der Waals surface area (Å²) in [6.07, 6.45) is 4.69. The van der Waals surface area contributed by atoms with Crippen LogP contribution in [0.3, 0.4) is 0 Å². The van der Waals surface area contributed by atoms with E-state index < -0.39 is 23.8 Å². The number of halogens is 3. The average Bonchev–Trinajstić information content (AvgIpc) is 2.93. The lowest BCUT2D eigenvalue weighted by Gasteiger charge is -2.42. The molecule has 1 aliphatic heterocycles. The maximum Gasteiger partial charge on any atom is 0.265 e. The molecule has 1 heterocycles. The third-order valence-electron chi connectivity index (χ3n) is 6.25. The largest absolute Gasteiger partial charge is 0.474 e. The van der Waals surface area contributed by atoms with Gasteiger partial charge in [0.15, 0.2) is 14.1 Å². The van der Waals surface area contributed by atoms with Gasteiger partial charge in [-0.05, 0) is 57.0 Å². The van der Waals surface area contributed by atoms with Gasteiger partial charge in [0.1, 0.15) is 6.61 Å². The standard InChI is InChI=1S/C22H36Cl3NO4Si/c1-14-11-16(18-13-28-21(5,6)29-18)15(9-10-27-19(26)22(23,24)25)17(12-14)30-31(7,8)20(2,3)4/h9,12,16-18,26H,10-11,13H2,1-8H3/b15-9+,26-19?/t16-,17-,18+/m0/s1. The van der Waals surface area contributed by atoms with E-state index in [0.29, 0.717) is 6.61 Å². The fourth-order valence-corrected chi connectivity index (χ4v) is 4.88. The molecule has 0 aromatic heterocycles. The third-order valence-corrected chi connectivity index (χ3v) is 11.2. The first-order valence-corrected chi connectivity index (χ1v) is 14.6. The summed E-state index contributed by atoms with van der Waals surface area (Å²) in [4.78, 5) is 0. The van der Waals surface area contributed by atoms with Crippen molar-refractivity contribution in [2.75, 3.05) is 13.2 Å². The van der Waals surface area contributed by atoms with Crippen LogP contribution in [0.1, 0.15) is 48.0 Å². The molecule has 0 saturated carbocycles. The summed E-state index contributed by atoms with van der Waals surface area (Å²) in [5, 5.41) is 7.87. The molecule has 0 spiro atoms. The predicted octanol–water partition coefficient (Wildman–Crippen LogP) is 6.78. The molecule has 0 radical (unpaired) electrons. The highest BCUT2D eigenvalue weighted by Gasteiger charge is 2.45. The molecular formula is C22H36Cl3NO4Si. The van der Waals surface area contributed by atoms with E-state index >= 15 is 0 Å². The van der Waals surface area contributed by atoms with E-state index in [4.69, 9.17) is 58.8 Å². The van der Waals surface area contributed by atoms with Crippen molar-refractivity contribution >= 4 is 49.0 Å². The number of nitrogens with one attached hydrogen (secondary N) is 1. The molecule has 0 aromatic rings. The highest BCUT2D eigenvalue weighted by Crippen LogP contribution is 2.43. The number of alkyl halides is 3. The van der Waals surface area contributed by atoms with Crippen molar-refractivity contribution in [2.24, 2.45) is 5.92 Å². The third kappa shape index (κ3) is 7.20. The molecule has 31 heavy (non-hydrogen) atoms. The second-order valence-electron chi connectivity index (χ2n) is 10.3. The topological polar surface area (TPSA) is 60.8 Å². The van der Waals surface area contributed by atoms with Gasteiger partial charge in [0.05, 0.1) is 18.8 Å². The lowest BCUT2D eigenvalue weighted by molar-refractivity contribution is -0.143. The molecule has 1 fully saturated rings. The van der Waals surface area contributed by atoms with Gasteiger partial charge in [-0.15, -0.1) is 0 Å². The van der Waals surface area contributed by atoms with Crippen molar-refractivity contribution in [3.8, 4) is 0 Å². The summed E-state index contributed by atoms with van der Waals surface area (Å²) in [5.74, 6) is -0.946. The first-order valence-electron chi connectivity index (χ1n) is 10.6. The minimum absolute atomic E-state index is 0.0653. The maximum atomic E-state index is 7.81. The molecule has 1 saturated heterocycles. The first-order chi connectivity index (χ1) is 13.9. The van der Waals surface area contributed by atoms with Gasteiger partial charge in [-0.1, -0.05) is 67.2 Å². The van der Waals surface area contributed by atoms with Crippen LogP contribution >= 0.6 is 34.8 Å². The summed E-state index contributed by atoms with van der Waals surface area (Å²) in [6.45, 7) is 17.8. The minimum Gasteiger partial charge on any atom is -0.474 e. The Morgan fingerprint density at radius 2 is 1.90 bits per heavy atom. The summed E-state index contributed by atoms with van der Waals surface area (Å²) >= 11 is 17.2. The smallest absolute Gasteiger partial charge is 0.265 e. The van der Waals surface area contributed by atoms with Crippen molar-refractivity contribution in [3.05, 3.63) is 23.3 Å². The normalized spacial score (nSPS) is 28.5. The summed E-state index contributed by atoms with van der Waals surface area (Å²) < 4.78 is 22.4. The molecule has 9 heteroatoms. The van der Waals surface area contributed by atoms with E-state index in [2.05, 4.69) is 46.9 Å². The number of ether oxygens (including phenoxy) is 3. The predicted molar refractivity (Wildman–Crippen MR) is 131 cm³/mol. The van der Waals surface area contributed by atoms with Crippen LogP contribution in [-0.4, -0.2) is 49.2 Å². The molecule has 0 aromatic carbocycles. The Morgan fingerprint density at radius 3 is 2.39 bits per heavy atom. The van der Waals surface area contributed by atoms with Crippen LogP contribution in [0, 0.1) is 11.3 Å². The minimum atomic E-state index is -2.06. The van der Waals surface area contributed by atoms with Gasteiger partial charge in [0, 0.05) is 5.92 Å². The molecule has 0 unspecified atom stereocenters. The van der Waals surface area contributed by atoms with E-state index in [9.17, 15) is 0 Å². The van der Waals surface area contributed by atoms with Gasteiger partial charge < -0.3 is 18.6 Å². The Kier molecular flexibility index (Phi) is 8.46. The molecule has 0 amide bonds. The Labute approximate surface area is 203 Å². The second kappa shape index (κ2) is 9.65. The highest BCUT2D eigenvalue weighted by molar-refractivity contribution is 6.76. The van der Waals surface area contributed by atoms with Gasteiger partial charge >= 0.3 is 0 Å². The van der Waals surface area contributed by atoms with E-state index in [0.717, 1.165) is 12.0 Å². The Morgan fingerprint density at radius 1 is 1.29 bits per heavy atom. The Bertz CT molecular complexity index is 738. The van der Waals surface area contributed by atoms with E-state index in [1.807, 2.05) is 19.9 Å². The van der Waals surface area contributed by atoms with Crippen LogP contribution in [0.15, 0.2) is 23.3 Å². The van der Waals surface area contributed by atoms with Crippen molar-refractivity contribution < 1.29 is 18.6 Å². The lowest BCUT2D eigenvalue weighted by Crippen LogP contribution is -2.46. The second-order valence-corrected chi connectivity index (χ2v) is 17.4. The van der Waals surface area contributed by atoms with Gasteiger partial charge in [-0.25, -0.2) is 0 Å². The Hall–Kier alpha value is -0.0831. The molecule has 3 atom stereocenters. The van der Waals surface area contributed by atoms with Gasteiger partial charge in [-0.2, -0.15) is 0 Å². The number of hydrogen-bond donors (Lipinski definition) is 1. The Balaban J connectivity index is 2.35. The molecule has 178 valence electrons. The average molecular weight is 513 g/mol. The SMILES string of the molecule is CC1=C[C@H](O[Si](C)(C)C(C)(C)C)/C(=C/COC(=N)C(Cl)(Cl)Cl)[C@@H]([C@H]2COC(C)(C)O2)C1. The van der Waals surface area contributed by atoms with Crippen LogP contribution < -0.4 is 0 Å². The van der Waals surface area contributed by atoms with Crippen LogP contribution in [0.4, 0.5) is 0 Å². The quantitative estimate of drug-likeness (QED) is 0.145. The molecule has 1 N–H and O–H groups in total. The molecule has 1 aliphatic carbocycles. The molecule has 2 aliphatic rings. The summed E-state index contributed by atoms with van der Waals surface area (Å²) in [6, 6.07) is 0. The maximum absolute atomic E-state index is 7.81. The summed E-state index contributed by atoms with van der Waals surface area (Å²) in [5.41, 5.74) is 2.33. The molecule has 0 bridgehead atoms. The fourth-order valence-electron chi connectivity index (χ4n) is 3.53. The van der Waals surface area contributed by atoms with Crippen LogP contribution in [-0.2, 0) is 18.6 Å². The van der Waals surface area contributed by atoms with Crippen LogP contribution in [0.5, 0.6) is 0 Å². The van der Waals surface area contributed by atoms with Crippen molar-refractivity contribution in [1.82, 2.24) is 0 Å². The first kappa shape index (κ1) is 27.2. The van der Waals surface area contributed by atoms with Crippen molar-refractivity contribution in [1.29, 1.82) is 5.41 Å². The summed E-state index contributed by atoms with van der Waals surface area (Å²) in [7, 11) is -2.06. The van der Waals surface area contributed by atoms with Gasteiger partial charge in [-0.3, -0.25) is 5.41 Å². The molecule has 2 rings (SSSR count). The monoisotopic (exact) mass is 511 g/mol. The van der Waals surface area contributed by atoms with Crippen LogP contribution in [0.25, 0.3) is 0 Å². The lowest BCUT2D eigenvalue weighted by atomic mass is 9.79. The highest BCUT2D eigenvalue weighted by atomic mass is 35.6. The van der Waals surface area contributed by atoms with E-state index in [1.165, 1.54) is 5.57 Å². The van der Waals surface area contributed by atoms with Crippen molar-refractivity contribution in [2.45, 2.75) is 87.9 Å². The fraction of sp³-hybridized carbons (Fsp3) is 0.773. The molecular weight excluding hydrogens is 477 g/mol. The van der Waals surface area contributed by atoms with Crippen molar-refractivity contribution in [3.63, 3.8) is 0 Å². The zero-order valence-corrected chi connectivity index (χ0v) is 23.0. The van der Waals surface area contributed by atoms with Gasteiger partial charge in [0.25, 0.3) is 3.79 Å². The molecule has 5 nitrogen and oxygen atoms in total. The van der Waals surface area contributed by atoms with Gasteiger partial charge in [0.2, 0.25) is 5.90 Å². The number of hydrogen-bond acceptors (Lipinski definition) is 5. The van der Waals surface area contributed by atoms with E-state index in [-0.39, 0.29) is 29.8 Å².